The highest BCUT2D eigenvalue weighted by molar-refractivity contribution is 6.13. The highest BCUT2D eigenvalue weighted by Gasteiger charge is 2.22. The van der Waals surface area contributed by atoms with Gasteiger partial charge >= 0.3 is 0 Å². The lowest BCUT2D eigenvalue weighted by Gasteiger charge is -2.23. The number of rotatable bonds is 4. The van der Waals surface area contributed by atoms with Crippen LogP contribution in [0.1, 0.15) is 27.4 Å². The van der Waals surface area contributed by atoms with Crippen LogP contribution in [0, 0.1) is 13.8 Å². The Morgan fingerprint density at radius 2 is 1.78 bits per heavy atom. The number of furan rings is 1. The Labute approximate surface area is 158 Å². The van der Waals surface area contributed by atoms with Gasteiger partial charge in [0.1, 0.15) is 5.76 Å². The lowest BCUT2D eigenvalue weighted by Crippen LogP contribution is -2.30. The van der Waals surface area contributed by atoms with Gasteiger partial charge < -0.3 is 9.32 Å². The summed E-state index contributed by atoms with van der Waals surface area (Å²) in [4.78, 5) is 19.9. The number of pyridine rings is 1. The van der Waals surface area contributed by atoms with Crippen LogP contribution in [-0.4, -0.2) is 10.9 Å². The molecule has 0 aliphatic carbocycles. The third-order valence-corrected chi connectivity index (χ3v) is 4.56. The van der Waals surface area contributed by atoms with E-state index in [9.17, 15) is 4.79 Å². The molecule has 0 unspecified atom stereocenters. The number of para-hydroxylation sites is 1. The fourth-order valence-corrected chi connectivity index (χ4v) is 3.19. The summed E-state index contributed by atoms with van der Waals surface area (Å²) in [5.41, 5.74) is 4.27. The molecule has 2 aromatic carbocycles. The molecular weight excluding hydrogens is 336 g/mol. The number of carbonyl (C=O) groups is 1. The van der Waals surface area contributed by atoms with Crippen LogP contribution in [0.3, 0.4) is 0 Å². The number of aromatic nitrogens is 1. The second-order valence-electron chi connectivity index (χ2n) is 6.63. The molecule has 4 rings (SSSR count). The summed E-state index contributed by atoms with van der Waals surface area (Å²) in [7, 11) is 0. The zero-order chi connectivity index (χ0) is 18.8. The van der Waals surface area contributed by atoms with Crippen molar-refractivity contribution in [3.63, 3.8) is 0 Å². The van der Waals surface area contributed by atoms with Crippen molar-refractivity contribution in [1.29, 1.82) is 0 Å². The standard InChI is InChI=1S/C23H20N2O2/c1-16-9-11-18(12-10-16)25(15-19-6-5-13-27-19)23(26)21-14-17(2)24-22-8-4-3-7-20(21)22/h3-14H,15H2,1-2H3. The molecule has 4 aromatic rings. The van der Waals surface area contributed by atoms with E-state index in [1.165, 1.54) is 0 Å². The van der Waals surface area contributed by atoms with Crippen molar-refractivity contribution in [3.8, 4) is 0 Å². The fourth-order valence-electron chi connectivity index (χ4n) is 3.19. The number of fused-ring (bicyclic) bond motifs is 1. The number of carbonyl (C=O) groups excluding carboxylic acids is 1. The van der Waals surface area contributed by atoms with E-state index in [0.29, 0.717) is 12.1 Å². The monoisotopic (exact) mass is 356 g/mol. The van der Waals surface area contributed by atoms with Gasteiger partial charge in [-0.3, -0.25) is 9.78 Å². The van der Waals surface area contributed by atoms with E-state index in [0.717, 1.165) is 33.6 Å². The Bertz CT molecular complexity index is 1080. The number of anilines is 1. The van der Waals surface area contributed by atoms with Gasteiger partial charge in [0, 0.05) is 16.8 Å². The maximum absolute atomic E-state index is 13.6. The summed E-state index contributed by atoms with van der Waals surface area (Å²) in [6, 6.07) is 21.2. The molecule has 0 atom stereocenters. The highest BCUT2D eigenvalue weighted by atomic mass is 16.3. The van der Waals surface area contributed by atoms with E-state index >= 15 is 0 Å². The lowest BCUT2D eigenvalue weighted by atomic mass is 10.1. The van der Waals surface area contributed by atoms with Crippen LogP contribution in [0.2, 0.25) is 0 Å². The molecule has 0 fully saturated rings. The Morgan fingerprint density at radius 1 is 1.00 bits per heavy atom. The van der Waals surface area contributed by atoms with Crippen molar-refractivity contribution in [2.24, 2.45) is 0 Å². The first-order valence-corrected chi connectivity index (χ1v) is 8.89. The Morgan fingerprint density at radius 3 is 2.52 bits per heavy atom. The van der Waals surface area contributed by atoms with E-state index < -0.39 is 0 Å². The van der Waals surface area contributed by atoms with Crippen LogP contribution in [0.15, 0.2) is 77.4 Å². The molecule has 2 aromatic heterocycles. The Balaban J connectivity index is 1.82. The molecule has 27 heavy (non-hydrogen) atoms. The van der Waals surface area contributed by atoms with Crippen LogP contribution in [0.4, 0.5) is 5.69 Å². The van der Waals surface area contributed by atoms with Gasteiger partial charge in [0.05, 0.1) is 23.9 Å². The third-order valence-electron chi connectivity index (χ3n) is 4.56. The summed E-state index contributed by atoms with van der Waals surface area (Å²) in [6.07, 6.45) is 1.62. The van der Waals surface area contributed by atoms with Crippen molar-refractivity contribution < 1.29 is 9.21 Å². The van der Waals surface area contributed by atoms with Crippen LogP contribution in [0.5, 0.6) is 0 Å². The van der Waals surface area contributed by atoms with E-state index in [1.807, 2.05) is 80.6 Å². The summed E-state index contributed by atoms with van der Waals surface area (Å²) in [5, 5.41) is 0.852. The number of benzene rings is 2. The molecule has 0 bridgehead atoms. The van der Waals surface area contributed by atoms with Crippen LogP contribution in [-0.2, 0) is 6.54 Å². The van der Waals surface area contributed by atoms with Gasteiger partial charge in [-0.25, -0.2) is 0 Å². The van der Waals surface area contributed by atoms with E-state index in [1.54, 1.807) is 11.2 Å². The molecule has 4 heteroatoms. The second-order valence-corrected chi connectivity index (χ2v) is 6.63. The van der Waals surface area contributed by atoms with Crippen molar-refractivity contribution >= 4 is 22.5 Å². The molecule has 0 saturated carbocycles. The average Bonchev–Trinajstić information content (AvgIpc) is 3.19. The molecule has 0 aliphatic rings. The highest BCUT2D eigenvalue weighted by Crippen LogP contribution is 2.25. The van der Waals surface area contributed by atoms with Crippen LogP contribution < -0.4 is 4.90 Å². The second kappa shape index (κ2) is 7.08. The van der Waals surface area contributed by atoms with Crippen molar-refractivity contribution in [2.75, 3.05) is 4.90 Å². The van der Waals surface area contributed by atoms with Gasteiger partial charge in [-0.2, -0.15) is 0 Å². The zero-order valence-corrected chi connectivity index (χ0v) is 15.3. The lowest BCUT2D eigenvalue weighted by molar-refractivity contribution is 0.0984. The maximum atomic E-state index is 13.6. The number of hydrogen-bond donors (Lipinski definition) is 0. The number of aryl methyl sites for hydroxylation is 2. The minimum Gasteiger partial charge on any atom is -0.467 e. The SMILES string of the molecule is Cc1ccc(N(Cc2ccco2)C(=O)c2cc(C)nc3ccccc23)cc1. The Hall–Kier alpha value is -3.40. The van der Waals surface area contributed by atoms with Gasteiger partial charge in [-0.05, 0) is 50.2 Å². The van der Waals surface area contributed by atoms with Crippen molar-refractivity contribution in [2.45, 2.75) is 20.4 Å². The predicted octanol–water partition coefficient (Wildman–Crippen LogP) is 5.29. The minimum absolute atomic E-state index is 0.0723. The van der Waals surface area contributed by atoms with Crippen molar-refractivity contribution in [3.05, 3.63) is 95.6 Å². The predicted molar refractivity (Wildman–Crippen MR) is 107 cm³/mol. The first kappa shape index (κ1) is 17.0. The molecule has 2 heterocycles. The first-order valence-electron chi connectivity index (χ1n) is 8.89. The van der Waals surface area contributed by atoms with Crippen molar-refractivity contribution in [1.82, 2.24) is 4.98 Å². The average molecular weight is 356 g/mol. The summed E-state index contributed by atoms with van der Waals surface area (Å²) in [6.45, 7) is 4.30. The number of hydrogen-bond acceptors (Lipinski definition) is 3. The van der Waals surface area contributed by atoms with Crippen LogP contribution >= 0.6 is 0 Å². The summed E-state index contributed by atoms with van der Waals surface area (Å²) >= 11 is 0. The molecule has 0 saturated heterocycles. The minimum atomic E-state index is -0.0723. The van der Waals surface area contributed by atoms with Gasteiger partial charge in [-0.1, -0.05) is 35.9 Å². The van der Waals surface area contributed by atoms with E-state index in [4.69, 9.17) is 4.42 Å². The molecule has 134 valence electrons. The molecule has 0 aliphatic heterocycles. The van der Waals surface area contributed by atoms with E-state index in [2.05, 4.69) is 4.98 Å². The van der Waals surface area contributed by atoms with Gasteiger partial charge in [0.25, 0.3) is 5.91 Å². The molecule has 0 radical (unpaired) electrons. The zero-order valence-electron chi connectivity index (χ0n) is 15.3. The maximum Gasteiger partial charge on any atom is 0.259 e. The molecule has 1 amide bonds. The molecule has 4 nitrogen and oxygen atoms in total. The fraction of sp³-hybridized carbons (Fsp3) is 0.130. The Kier molecular flexibility index (Phi) is 4.47. The van der Waals surface area contributed by atoms with E-state index in [-0.39, 0.29) is 5.91 Å². The number of amides is 1. The van der Waals surface area contributed by atoms with Crippen LogP contribution in [0.25, 0.3) is 10.9 Å². The normalized spacial score (nSPS) is 10.9. The summed E-state index contributed by atoms with van der Waals surface area (Å²) in [5.74, 6) is 0.663. The number of nitrogens with zero attached hydrogens (tertiary/aromatic N) is 2. The third kappa shape index (κ3) is 3.47. The summed E-state index contributed by atoms with van der Waals surface area (Å²) < 4.78 is 5.50. The largest absolute Gasteiger partial charge is 0.467 e. The smallest absolute Gasteiger partial charge is 0.259 e. The first-order chi connectivity index (χ1) is 13.1. The quantitative estimate of drug-likeness (QED) is 0.499. The topological polar surface area (TPSA) is 46.3 Å². The van der Waals surface area contributed by atoms with Gasteiger partial charge in [-0.15, -0.1) is 0 Å². The van der Waals surface area contributed by atoms with Gasteiger partial charge in [0.2, 0.25) is 0 Å². The molecular formula is C23H20N2O2. The van der Waals surface area contributed by atoms with Gasteiger partial charge in [0.15, 0.2) is 0 Å². The molecule has 0 spiro atoms. The molecule has 0 N–H and O–H groups in total.